The van der Waals surface area contributed by atoms with Gasteiger partial charge in [-0.3, -0.25) is 4.79 Å². The second-order valence-corrected chi connectivity index (χ2v) is 7.23. The van der Waals surface area contributed by atoms with Crippen LogP contribution in [0, 0.1) is 6.92 Å². The highest BCUT2D eigenvalue weighted by molar-refractivity contribution is 5.99. The zero-order valence-electron chi connectivity index (χ0n) is 16.9. The summed E-state index contributed by atoms with van der Waals surface area (Å²) in [6, 6.07) is 26.5. The molecule has 0 atom stereocenters. The minimum Gasteiger partial charge on any atom is -0.376 e. The van der Waals surface area contributed by atoms with E-state index >= 15 is 0 Å². The van der Waals surface area contributed by atoms with Gasteiger partial charge in [0.2, 0.25) is 0 Å². The van der Waals surface area contributed by atoms with Crippen molar-refractivity contribution in [1.82, 2.24) is 9.99 Å². The number of rotatable bonds is 7. The lowest BCUT2D eigenvalue weighted by atomic mass is 10.2. The number of nitrogens with zero attached hydrogens (tertiary/aromatic N) is 2. The number of aryl methyl sites for hydroxylation is 1. The standard InChI is InChI=1S/C25H24N4O/c1-19-11-13-22(14-12-19)26-16-25(30)28-27-15-21-18-29(17-20-7-3-2-4-8-20)24-10-6-5-9-23(21)24/h2-15,18,26H,16-17H2,1H3,(H,28,30)/b27-15-. The van der Waals surface area contributed by atoms with Crippen LogP contribution in [-0.4, -0.2) is 23.2 Å². The Hall–Kier alpha value is -3.86. The average Bonchev–Trinajstić information content (AvgIpc) is 3.12. The van der Waals surface area contributed by atoms with Crippen LogP contribution in [0.3, 0.4) is 0 Å². The van der Waals surface area contributed by atoms with Gasteiger partial charge in [0.1, 0.15) is 0 Å². The quantitative estimate of drug-likeness (QED) is 0.355. The molecule has 150 valence electrons. The van der Waals surface area contributed by atoms with Crippen molar-refractivity contribution in [1.29, 1.82) is 0 Å². The Morgan fingerprint density at radius 3 is 2.50 bits per heavy atom. The Kier molecular flexibility index (Phi) is 5.90. The molecule has 0 fully saturated rings. The van der Waals surface area contributed by atoms with Crippen molar-refractivity contribution in [2.75, 3.05) is 11.9 Å². The third kappa shape index (κ3) is 4.75. The summed E-state index contributed by atoms with van der Waals surface area (Å²) in [5.74, 6) is -0.195. The Morgan fingerprint density at radius 1 is 0.967 bits per heavy atom. The molecule has 0 saturated heterocycles. The van der Waals surface area contributed by atoms with Gasteiger partial charge >= 0.3 is 0 Å². The van der Waals surface area contributed by atoms with Crippen molar-refractivity contribution in [2.24, 2.45) is 5.10 Å². The summed E-state index contributed by atoms with van der Waals surface area (Å²) in [6.45, 7) is 2.97. The van der Waals surface area contributed by atoms with Crippen LogP contribution in [-0.2, 0) is 11.3 Å². The van der Waals surface area contributed by atoms with E-state index in [1.807, 2.05) is 61.5 Å². The molecule has 2 N–H and O–H groups in total. The molecule has 0 aliphatic carbocycles. The SMILES string of the molecule is Cc1ccc(NCC(=O)N/N=C\c2cn(Cc3ccccc3)c3ccccc23)cc1. The molecular formula is C25H24N4O. The third-order valence-electron chi connectivity index (χ3n) is 4.91. The first-order valence-corrected chi connectivity index (χ1v) is 9.93. The lowest BCUT2D eigenvalue weighted by Gasteiger charge is -2.05. The molecule has 4 rings (SSSR count). The van der Waals surface area contributed by atoms with E-state index in [0.29, 0.717) is 0 Å². The minimum atomic E-state index is -0.195. The Labute approximate surface area is 176 Å². The highest BCUT2D eigenvalue weighted by Crippen LogP contribution is 2.21. The van der Waals surface area contributed by atoms with E-state index < -0.39 is 0 Å². The third-order valence-corrected chi connectivity index (χ3v) is 4.91. The molecule has 5 heteroatoms. The van der Waals surface area contributed by atoms with Gasteiger partial charge in [-0.1, -0.05) is 66.2 Å². The van der Waals surface area contributed by atoms with Gasteiger partial charge in [-0.25, -0.2) is 5.43 Å². The van der Waals surface area contributed by atoms with Gasteiger partial charge in [-0.15, -0.1) is 0 Å². The predicted octanol–water partition coefficient (Wildman–Crippen LogP) is 4.56. The molecule has 0 bridgehead atoms. The fourth-order valence-electron chi connectivity index (χ4n) is 3.36. The lowest BCUT2D eigenvalue weighted by Crippen LogP contribution is -2.25. The van der Waals surface area contributed by atoms with E-state index in [-0.39, 0.29) is 12.5 Å². The second-order valence-electron chi connectivity index (χ2n) is 7.23. The zero-order valence-corrected chi connectivity index (χ0v) is 16.9. The molecule has 1 heterocycles. The topological polar surface area (TPSA) is 58.4 Å². The Morgan fingerprint density at radius 2 is 1.70 bits per heavy atom. The Balaban J connectivity index is 1.42. The number of nitrogens with one attached hydrogen (secondary N) is 2. The average molecular weight is 396 g/mol. The van der Waals surface area contributed by atoms with Gasteiger partial charge in [0.15, 0.2) is 0 Å². The van der Waals surface area contributed by atoms with Crippen LogP contribution in [0.25, 0.3) is 10.9 Å². The van der Waals surface area contributed by atoms with Gasteiger partial charge in [0.25, 0.3) is 5.91 Å². The summed E-state index contributed by atoms with van der Waals surface area (Å²) in [5.41, 5.74) is 8.02. The highest BCUT2D eigenvalue weighted by atomic mass is 16.2. The molecule has 30 heavy (non-hydrogen) atoms. The van der Waals surface area contributed by atoms with Crippen LogP contribution in [0.1, 0.15) is 16.7 Å². The number of carbonyl (C=O) groups is 1. The number of hydrogen-bond acceptors (Lipinski definition) is 3. The molecule has 1 amide bonds. The number of carbonyl (C=O) groups excluding carboxylic acids is 1. The summed E-state index contributed by atoms with van der Waals surface area (Å²) >= 11 is 0. The summed E-state index contributed by atoms with van der Waals surface area (Å²) < 4.78 is 2.20. The lowest BCUT2D eigenvalue weighted by molar-refractivity contribution is -0.119. The molecule has 0 unspecified atom stereocenters. The zero-order chi connectivity index (χ0) is 20.8. The van der Waals surface area contributed by atoms with Crippen molar-refractivity contribution < 1.29 is 4.79 Å². The van der Waals surface area contributed by atoms with Crippen molar-refractivity contribution in [2.45, 2.75) is 13.5 Å². The van der Waals surface area contributed by atoms with Gasteiger partial charge in [-0.05, 0) is 30.7 Å². The molecule has 0 saturated carbocycles. The van der Waals surface area contributed by atoms with Gasteiger partial charge in [0.05, 0.1) is 12.8 Å². The number of hydrogen-bond donors (Lipinski definition) is 2. The summed E-state index contributed by atoms with van der Waals surface area (Å²) in [5, 5.41) is 8.35. The van der Waals surface area contributed by atoms with Crippen molar-refractivity contribution in [3.63, 3.8) is 0 Å². The number of amides is 1. The highest BCUT2D eigenvalue weighted by Gasteiger charge is 2.07. The fraction of sp³-hybridized carbons (Fsp3) is 0.120. The molecule has 0 aliphatic heterocycles. The van der Waals surface area contributed by atoms with Crippen molar-refractivity contribution in [3.8, 4) is 0 Å². The first-order valence-electron chi connectivity index (χ1n) is 9.93. The smallest absolute Gasteiger partial charge is 0.259 e. The fourth-order valence-corrected chi connectivity index (χ4v) is 3.36. The van der Waals surface area contributed by atoms with E-state index in [4.69, 9.17) is 0 Å². The maximum Gasteiger partial charge on any atom is 0.259 e. The molecule has 0 aliphatic rings. The largest absolute Gasteiger partial charge is 0.376 e. The van der Waals surface area contributed by atoms with Gasteiger partial charge in [-0.2, -0.15) is 5.10 Å². The summed E-state index contributed by atoms with van der Waals surface area (Å²) in [4.78, 5) is 12.1. The first-order chi connectivity index (χ1) is 14.7. The van der Waals surface area contributed by atoms with Crippen molar-refractivity contribution >= 4 is 28.7 Å². The second kappa shape index (κ2) is 9.09. The van der Waals surface area contributed by atoms with Crippen LogP contribution in [0.15, 0.2) is 90.2 Å². The maximum atomic E-state index is 12.1. The van der Waals surface area contributed by atoms with E-state index in [1.54, 1.807) is 6.21 Å². The molecule has 5 nitrogen and oxygen atoms in total. The summed E-state index contributed by atoms with van der Waals surface area (Å²) in [6.07, 6.45) is 3.77. The molecule has 3 aromatic carbocycles. The van der Waals surface area contributed by atoms with E-state index in [0.717, 1.165) is 28.7 Å². The molecule has 0 spiro atoms. The first kappa shape index (κ1) is 19.5. The van der Waals surface area contributed by atoms with E-state index in [1.165, 1.54) is 11.1 Å². The number of hydrazone groups is 1. The number of fused-ring (bicyclic) bond motifs is 1. The van der Waals surface area contributed by atoms with E-state index in [9.17, 15) is 4.79 Å². The molecule has 1 aromatic heterocycles. The van der Waals surface area contributed by atoms with Crippen LogP contribution in [0.4, 0.5) is 5.69 Å². The Bertz CT molecular complexity index is 1160. The van der Waals surface area contributed by atoms with Crippen molar-refractivity contribution in [3.05, 3.63) is 102 Å². The monoisotopic (exact) mass is 396 g/mol. The molecule has 0 radical (unpaired) electrons. The van der Waals surface area contributed by atoms with Crippen LogP contribution < -0.4 is 10.7 Å². The molecular weight excluding hydrogens is 372 g/mol. The number of anilines is 1. The minimum absolute atomic E-state index is 0.163. The van der Waals surface area contributed by atoms with Gasteiger partial charge in [0, 0.05) is 34.9 Å². The normalized spacial score (nSPS) is 11.1. The number of para-hydroxylation sites is 1. The predicted molar refractivity (Wildman–Crippen MR) is 123 cm³/mol. The van der Waals surface area contributed by atoms with Crippen LogP contribution >= 0.6 is 0 Å². The molecule has 4 aromatic rings. The van der Waals surface area contributed by atoms with Crippen LogP contribution in [0.5, 0.6) is 0 Å². The van der Waals surface area contributed by atoms with Gasteiger partial charge < -0.3 is 9.88 Å². The van der Waals surface area contributed by atoms with Crippen LogP contribution in [0.2, 0.25) is 0 Å². The summed E-state index contributed by atoms with van der Waals surface area (Å²) in [7, 11) is 0. The maximum absolute atomic E-state index is 12.1. The number of aromatic nitrogens is 1. The van der Waals surface area contributed by atoms with E-state index in [2.05, 4.69) is 50.9 Å². The number of benzene rings is 3.